The molecule has 0 aromatic rings. The molecular weight excluding hydrogens is 254 g/mol. The van der Waals surface area contributed by atoms with Gasteiger partial charge in [-0.1, -0.05) is 0 Å². The van der Waals surface area contributed by atoms with Crippen molar-refractivity contribution >= 4 is 12.1 Å². The number of hydrogen-bond donors (Lipinski definition) is 1. The second-order valence-electron chi connectivity index (χ2n) is 5.21. The van der Waals surface area contributed by atoms with E-state index >= 15 is 0 Å². The van der Waals surface area contributed by atoms with Gasteiger partial charge in [-0.05, 0) is 20.8 Å². The Kier molecular flexibility index (Phi) is 5.56. The van der Waals surface area contributed by atoms with Crippen LogP contribution in [0.5, 0.6) is 0 Å². The Labute approximate surface area is 112 Å². The van der Waals surface area contributed by atoms with Gasteiger partial charge < -0.3 is 24.3 Å². The number of hydrogen-bond acceptors (Lipinski definition) is 6. The molecule has 1 heterocycles. The zero-order valence-corrected chi connectivity index (χ0v) is 11.7. The predicted octanol–water partition coefficient (Wildman–Crippen LogP) is 0.468. The SMILES string of the molecule is COC(=O)C(COCC1CO1)NC(=O)OC(C)(C)C. The summed E-state index contributed by atoms with van der Waals surface area (Å²) in [6, 6.07) is -0.890. The highest BCUT2D eigenvalue weighted by molar-refractivity contribution is 5.81. The molecule has 0 spiro atoms. The van der Waals surface area contributed by atoms with Crippen LogP contribution in [0.25, 0.3) is 0 Å². The van der Waals surface area contributed by atoms with E-state index in [1.165, 1.54) is 7.11 Å². The Balaban J connectivity index is 2.38. The zero-order valence-electron chi connectivity index (χ0n) is 11.7. The second-order valence-corrected chi connectivity index (χ2v) is 5.21. The minimum absolute atomic E-state index is 0.0196. The van der Waals surface area contributed by atoms with Crippen molar-refractivity contribution in [2.24, 2.45) is 0 Å². The molecule has 2 atom stereocenters. The van der Waals surface area contributed by atoms with Crippen LogP contribution in [0.4, 0.5) is 4.79 Å². The minimum Gasteiger partial charge on any atom is -0.467 e. The number of rotatable bonds is 6. The summed E-state index contributed by atoms with van der Waals surface area (Å²) in [7, 11) is 1.25. The third-order valence-electron chi connectivity index (χ3n) is 2.17. The van der Waals surface area contributed by atoms with Crippen LogP contribution in [-0.4, -0.2) is 56.7 Å². The average Bonchev–Trinajstić information content (AvgIpc) is 3.08. The van der Waals surface area contributed by atoms with E-state index in [1.54, 1.807) is 20.8 Å². The smallest absolute Gasteiger partial charge is 0.408 e. The summed E-state index contributed by atoms with van der Waals surface area (Å²) in [5.74, 6) is -0.581. The maximum Gasteiger partial charge on any atom is 0.408 e. The average molecular weight is 275 g/mol. The standard InChI is InChI=1S/C12H21NO6/c1-12(2,3)19-11(15)13-9(10(14)16-4)7-17-5-8-6-18-8/h8-9H,5-7H2,1-4H3,(H,13,15). The number of carbonyl (C=O) groups is 2. The van der Waals surface area contributed by atoms with Crippen LogP contribution in [0, 0.1) is 0 Å². The molecule has 0 saturated carbocycles. The van der Waals surface area contributed by atoms with Gasteiger partial charge in [0.25, 0.3) is 0 Å². The fourth-order valence-electron chi connectivity index (χ4n) is 1.24. The van der Waals surface area contributed by atoms with E-state index < -0.39 is 23.7 Å². The van der Waals surface area contributed by atoms with Crippen molar-refractivity contribution in [1.82, 2.24) is 5.32 Å². The number of esters is 1. The first-order chi connectivity index (χ1) is 8.81. The van der Waals surface area contributed by atoms with Crippen LogP contribution in [-0.2, 0) is 23.7 Å². The van der Waals surface area contributed by atoms with E-state index in [0.29, 0.717) is 13.2 Å². The summed E-state index contributed by atoms with van der Waals surface area (Å²) < 4.78 is 19.9. The second kappa shape index (κ2) is 6.72. The summed E-state index contributed by atoms with van der Waals surface area (Å²) >= 11 is 0. The summed E-state index contributed by atoms with van der Waals surface area (Å²) in [6.07, 6.45) is -0.589. The largest absolute Gasteiger partial charge is 0.467 e. The number of ether oxygens (including phenoxy) is 4. The molecule has 0 aromatic carbocycles. The Hall–Kier alpha value is -1.34. The molecular formula is C12H21NO6. The maximum atomic E-state index is 11.6. The lowest BCUT2D eigenvalue weighted by Crippen LogP contribution is -2.46. The Bertz CT molecular complexity index is 321. The van der Waals surface area contributed by atoms with Gasteiger partial charge in [-0.2, -0.15) is 0 Å². The highest BCUT2D eigenvalue weighted by Crippen LogP contribution is 2.09. The number of alkyl carbamates (subject to hydrolysis) is 1. The lowest BCUT2D eigenvalue weighted by Gasteiger charge is -2.22. The molecule has 0 aromatic heterocycles. The Morgan fingerprint density at radius 3 is 2.53 bits per heavy atom. The molecule has 19 heavy (non-hydrogen) atoms. The van der Waals surface area contributed by atoms with E-state index in [0.717, 1.165) is 0 Å². The van der Waals surface area contributed by atoms with Crippen LogP contribution in [0.15, 0.2) is 0 Å². The molecule has 0 aliphatic carbocycles. The van der Waals surface area contributed by atoms with Crippen LogP contribution in [0.1, 0.15) is 20.8 Å². The summed E-state index contributed by atoms with van der Waals surface area (Å²) in [4.78, 5) is 23.1. The fourth-order valence-corrected chi connectivity index (χ4v) is 1.24. The van der Waals surface area contributed by atoms with Gasteiger partial charge in [-0.3, -0.25) is 0 Å². The monoisotopic (exact) mass is 275 g/mol. The molecule has 1 amide bonds. The molecule has 1 aliphatic rings. The van der Waals surface area contributed by atoms with Gasteiger partial charge in [0.05, 0.1) is 26.9 Å². The lowest BCUT2D eigenvalue weighted by atomic mass is 10.2. The molecule has 7 heteroatoms. The normalized spacial score (nSPS) is 19.5. The van der Waals surface area contributed by atoms with E-state index in [9.17, 15) is 9.59 Å². The van der Waals surface area contributed by atoms with Crippen molar-refractivity contribution in [2.45, 2.75) is 38.5 Å². The Morgan fingerprint density at radius 1 is 1.42 bits per heavy atom. The van der Waals surface area contributed by atoms with E-state index in [2.05, 4.69) is 10.1 Å². The van der Waals surface area contributed by atoms with Crippen LogP contribution in [0.3, 0.4) is 0 Å². The van der Waals surface area contributed by atoms with Crippen LogP contribution >= 0.6 is 0 Å². The van der Waals surface area contributed by atoms with Gasteiger partial charge in [0.15, 0.2) is 6.04 Å². The topological polar surface area (TPSA) is 86.4 Å². The number of nitrogens with one attached hydrogen (secondary N) is 1. The molecule has 2 unspecified atom stereocenters. The first-order valence-electron chi connectivity index (χ1n) is 6.08. The number of carbonyl (C=O) groups excluding carboxylic acids is 2. The number of methoxy groups -OCH3 is 1. The first-order valence-corrected chi connectivity index (χ1v) is 6.08. The molecule has 110 valence electrons. The van der Waals surface area contributed by atoms with Gasteiger partial charge >= 0.3 is 12.1 Å². The van der Waals surface area contributed by atoms with E-state index in [-0.39, 0.29) is 12.7 Å². The molecule has 0 radical (unpaired) electrons. The third kappa shape index (κ3) is 6.97. The fraction of sp³-hybridized carbons (Fsp3) is 0.833. The molecule has 1 fully saturated rings. The lowest BCUT2D eigenvalue weighted by molar-refractivity contribution is -0.144. The van der Waals surface area contributed by atoms with Gasteiger partial charge in [0.2, 0.25) is 0 Å². The highest BCUT2D eigenvalue weighted by Gasteiger charge is 2.27. The van der Waals surface area contributed by atoms with Gasteiger partial charge in [0, 0.05) is 0 Å². The van der Waals surface area contributed by atoms with Crippen molar-refractivity contribution < 1.29 is 28.5 Å². The van der Waals surface area contributed by atoms with E-state index in [4.69, 9.17) is 14.2 Å². The molecule has 1 aliphatic heterocycles. The predicted molar refractivity (Wildman–Crippen MR) is 65.7 cm³/mol. The van der Waals surface area contributed by atoms with Gasteiger partial charge in [-0.25, -0.2) is 9.59 Å². The summed E-state index contributed by atoms with van der Waals surface area (Å²) in [6.45, 7) is 6.29. The minimum atomic E-state index is -0.890. The van der Waals surface area contributed by atoms with Crippen molar-refractivity contribution in [1.29, 1.82) is 0 Å². The number of amides is 1. The first kappa shape index (κ1) is 15.7. The van der Waals surface area contributed by atoms with Crippen molar-refractivity contribution in [2.75, 3.05) is 26.9 Å². The van der Waals surface area contributed by atoms with E-state index in [1.807, 2.05) is 0 Å². The van der Waals surface area contributed by atoms with Gasteiger partial charge in [0.1, 0.15) is 11.7 Å². The molecule has 1 saturated heterocycles. The van der Waals surface area contributed by atoms with Crippen LogP contribution in [0.2, 0.25) is 0 Å². The quantitative estimate of drug-likeness (QED) is 0.560. The van der Waals surface area contributed by atoms with Crippen molar-refractivity contribution in [3.05, 3.63) is 0 Å². The zero-order chi connectivity index (χ0) is 14.5. The molecule has 7 nitrogen and oxygen atoms in total. The third-order valence-corrected chi connectivity index (χ3v) is 2.17. The highest BCUT2D eigenvalue weighted by atomic mass is 16.6. The summed E-state index contributed by atoms with van der Waals surface area (Å²) in [5, 5.41) is 2.42. The van der Waals surface area contributed by atoms with Crippen molar-refractivity contribution in [3.63, 3.8) is 0 Å². The van der Waals surface area contributed by atoms with Crippen molar-refractivity contribution in [3.8, 4) is 0 Å². The summed E-state index contributed by atoms with van der Waals surface area (Å²) in [5.41, 5.74) is -0.631. The molecule has 1 N–H and O–H groups in total. The Morgan fingerprint density at radius 2 is 2.05 bits per heavy atom. The molecule has 0 bridgehead atoms. The molecule has 1 rings (SSSR count). The maximum absolute atomic E-state index is 11.6. The number of epoxide rings is 1. The van der Waals surface area contributed by atoms with Gasteiger partial charge in [-0.15, -0.1) is 0 Å². The van der Waals surface area contributed by atoms with Crippen LogP contribution < -0.4 is 5.32 Å².